The summed E-state index contributed by atoms with van der Waals surface area (Å²) in [7, 11) is 0. The van der Waals surface area contributed by atoms with Crippen molar-refractivity contribution >= 4 is 21.5 Å². The van der Waals surface area contributed by atoms with Gasteiger partial charge in [0.15, 0.2) is 0 Å². The molecule has 198 valence electrons. The minimum absolute atomic E-state index is 0.0405. The molecule has 0 heterocycles. The van der Waals surface area contributed by atoms with E-state index in [9.17, 15) is 20.4 Å². The molecule has 0 aromatic heterocycles. The first-order valence-corrected chi connectivity index (χ1v) is 13.3. The van der Waals surface area contributed by atoms with Crippen molar-refractivity contribution in [2.45, 2.75) is 27.7 Å². The van der Waals surface area contributed by atoms with Gasteiger partial charge in [-0.1, -0.05) is 60.7 Å². The van der Waals surface area contributed by atoms with Crippen LogP contribution in [-0.4, -0.2) is 20.4 Å². The van der Waals surface area contributed by atoms with Gasteiger partial charge in [0, 0.05) is 33.4 Å². The van der Waals surface area contributed by atoms with Crippen LogP contribution in [0.3, 0.4) is 0 Å². The Morgan fingerprint density at radius 2 is 0.750 bits per heavy atom. The van der Waals surface area contributed by atoms with Gasteiger partial charge in [-0.3, -0.25) is 0 Å². The van der Waals surface area contributed by atoms with E-state index in [2.05, 4.69) is 0 Å². The van der Waals surface area contributed by atoms with Crippen LogP contribution in [0.4, 0.5) is 0 Å². The summed E-state index contributed by atoms with van der Waals surface area (Å²) in [5, 5.41) is 49.4. The Balaban J connectivity index is 1.79. The van der Waals surface area contributed by atoms with E-state index < -0.39 is 0 Å². The maximum absolute atomic E-state index is 12.0. The molecule has 0 unspecified atom stereocenters. The fraction of sp³-hybridized carbons (Fsp3) is 0.111. The summed E-state index contributed by atoms with van der Waals surface area (Å²) in [5.74, 6) is 0.123. The number of phenolic OH excluding ortho intramolecular Hbond substituents is 4. The molecule has 0 saturated heterocycles. The molecule has 0 radical (unpaired) electrons. The van der Waals surface area contributed by atoms with Gasteiger partial charge in [0.25, 0.3) is 0 Å². The normalized spacial score (nSPS) is 11.4. The van der Waals surface area contributed by atoms with Crippen molar-refractivity contribution in [3.05, 3.63) is 107 Å². The van der Waals surface area contributed by atoms with Crippen molar-refractivity contribution in [2.75, 3.05) is 0 Å². The molecule has 0 bridgehead atoms. The molecule has 4 heteroatoms. The number of hydrogen-bond donors (Lipinski definition) is 4. The lowest BCUT2D eigenvalue weighted by Gasteiger charge is -2.20. The van der Waals surface area contributed by atoms with Gasteiger partial charge in [-0.05, 0) is 95.8 Å². The average molecular weight is 527 g/mol. The fourth-order valence-electron chi connectivity index (χ4n) is 5.92. The minimum Gasteiger partial charge on any atom is -0.507 e. The van der Waals surface area contributed by atoms with E-state index in [0.29, 0.717) is 44.5 Å². The lowest BCUT2D eigenvalue weighted by molar-refractivity contribution is 0.464. The van der Waals surface area contributed by atoms with Gasteiger partial charge >= 0.3 is 0 Å². The fourth-order valence-corrected chi connectivity index (χ4v) is 5.92. The third-order valence-electron chi connectivity index (χ3n) is 7.76. The number of phenols is 4. The molecule has 0 atom stereocenters. The van der Waals surface area contributed by atoms with Crippen molar-refractivity contribution in [3.63, 3.8) is 0 Å². The molecule has 40 heavy (non-hydrogen) atoms. The van der Waals surface area contributed by atoms with Gasteiger partial charge in [0.1, 0.15) is 23.0 Å². The predicted octanol–water partition coefficient (Wildman–Crippen LogP) is 9.05. The smallest absolute Gasteiger partial charge is 0.132 e. The van der Waals surface area contributed by atoms with Gasteiger partial charge in [0.05, 0.1) is 0 Å². The Kier molecular flexibility index (Phi) is 5.92. The van der Waals surface area contributed by atoms with Gasteiger partial charge in [-0.15, -0.1) is 0 Å². The molecule has 0 aliphatic heterocycles. The summed E-state index contributed by atoms with van der Waals surface area (Å²) in [4.78, 5) is 0. The molecule has 0 spiro atoms. The second-order valence-corrected chi connectivity index (χ2v) is 10.7. The highest BCUT2D eigenvalue weighted by Crippen LogP contribution is 2.53. The van der Waals surface area contributed by atoms with E-state index in [4.69, 9.17) is 0 Å². The number of hydrogen-bond acceptors (Lipinski definition) is 4. The Labute approximate surface area is 233 Å². The zero-order valence-corrected chi connectivity index (χ0v) is 22.9. The number of benzene rings is 6. The maximum Gasteiger partial charge on any atom is 0.132 e. The maximum atomic E-state index is 12.0. The van der Waals surface area contributed by atoms with Crippen LogP contribution in [0, 0.1) is 27.7 Å². The van der Waals surface area contributed by atoms with E-state index in [0.717, 1.165) is 32.7 Å². The lowest BCUT2D eigenvalue weighted by atomic mass is 9.85. The quantitative estimate of drug-likeness (QED) is 0.185. The molecule has 6 rings (SSSR count). The second-order valence-electron chi connectivity index (χ2n) is 10.7. The summed E-state index contributed by atoms with van der Waals surface area (Å²) < 4.78 is 0. The zero-order chi connectivity index (χ0) is 28.3. The standard InChI is InChI=1S/C36H30O4/c1-19-13-21(3)33(37)27(15-19)29-17-23-9-5-7-11-25(23)31(35(29)39)32-26-12-8-6-10-24(26)18-30(36(32)40)28-16-20(2)14-22(4)34(28)38/h5-18,37-40H,1-4H3. The highest BCUT2D eigenvalue weighted by molar-refractivity contribution is 6.14. The van der Waals surface area contributed by atoms with Crippen LogP contribution in [-0.2, 0) is 0 Å². The Bertz CT molecular complexity index is 1840. The van der Waals surface area contributed by atoms with E-state index in [-0.39, 0.29) is 23.0 Å². The number of fused-ring (bicyclic) bond motifs is 2. The molecule has 6 aromatic carbocycles. The highest BCUT2D eigenvalue weighted by Gasteiger charge is 2.25. The van der Waals surface area contributed by atoms with Crippen molar-refractivity contribution < 1.29 is 20.4 Å². The SMILES string of the molecule is Cc1cc(C)c(O)c(-c2cc3ccccc3c(-c3c(O)c(-c4cc(C)cc(C)c4O)cc4ccccc34)c2O)c1. The summed E-state index contributed by atoms with van der Waals surface area (Å²) in [6, 6.07) is 26.7. The third kappa shape index (κ3) is 3.92. The first-order valence-electron chi connectivity index (χ1n) is 13.3. The van der Waals surface area contributed by atoms with E-state index in [1.165, 1.54) is 0 Å². The van der Waals surface area contributed by atoms with Crippen LogP contribution in [0.5, 0.6) is 23.0 Å². The summed E-state index contributed by atoms with van der Waals surface area (Å²) in [5.41, 5.74) is 6.26. The molecule has 4 N–H and O–H groups in total. The van der Waals surface area contributed by atoms with Crippen LogP contribution in [0.25, 0.3) is 54.9 Å². The van der Waals surface area contributed by atoms with Gasteiger partial charge in [0.2, 0.25) is 0 Å². The first-order chi connectivity index (χ1) is 19.2. The summed E-state index contributed by atoms with van der Waals surface area (Å²) >= 11 is 0. The van der Waals surface area contributed by atoms with Crippen LogP contribution in [0.15, 0.2) is 84.9 Å². The molecule has 6 aromatic rings. The lowest BCUT2D eigenvalue weighted by Crippen LogP contribution is -1.94. The third-order valence-corrected chi connectivity index (χ3v) is 7.76. The van der Waals surface area contributed by atoms with Gasteiger partial charge < -0.3 is 20.4 Å². The molecule has 0 aliphatic carbocycles. The monoisotopic (exact) mass is 526 g/mol. The summed E-state index contributed by atoms with van der Waals surface area (Å²) in [6.07, 6.45) is 0. The van der Waals surface area contributed by atoms with Crippen LogP contribution in [0.2, 0.25) is 0 Å². The highest BCUT2D eigenvalue weighted by atomic mass is 16.3. The van der Waals surface area contributed by atoms with Crippen molar-refractivity contribution in [1.82, 2.24) is 0 Å². The topological polar surface area (TPSA) is 80.9 Å². The first kappa shape index (κ1) is 25.3. The van der Waals surface area contributed by atoms with E-state index in [1.54, 1.807) is 0 Å². The molecule has 0 fully saturated rings. The Morgan fingerprint density at radius 1 is 0.400 bits per heavy atom. The minimum atomic E-state index is -0.0405. The van der Waals surface area contributed by atoms with Crippen molar-refractivity contribution in [1.29, 1.82) is 0 Å². The molecule has 4 nitrogen and oxygen atoms in total. The number of rotatable bonds is 3. The zero-order valence-electron chi connectivity index (χ0n) is 22.9. The molecule has 0 aliphatic rings. The van der Waals surface area contributed by atoms with Gasteiger partial charge in [-0.2, -0.15) is 0 Å². The number of aryl methyl sites for hydroxylation is 4. The van der Waals surface area contributed by atoms with Gasteiger partial charge in [-0.25, -0.2) is 0 Å². The molecule has 0 amide bonds. The number of aromatic hydroxyl groups is 4. The van der Waals surface area contributed by atoms with Crippen LogP contribution in [0.1, 0.15) is 22.3 Å². The van der Waals surface area contributed by atoms with E-state index in [1.807, 2.05) is 113 Å². The van der Waals surface area contributed by atoms with Crippen molar-refractivity contribution in [3.8, 4) is 56.4 Å². The van der Waals surface area contributed by atoms with Crippen LogP contribution < -0.4 is 0 Å². The molecular weight excluding hydrogens is 496 g/mol. The molecular formula is C36H30O4. The average Bonchev–Trinajstić information content (AvgIpc) is 2.93. The molecule has 0 saturated carbocycles. The van der Waals surface area contributed by atoms with Crippen LogP contribution >= 0.6 is 0 Å². The van der Waals surface area contributed by atoms with E-state index >= 15 is 0 Å². The second kappa shape index (κ2) is 9.35. The summed E-state index contributed by atoms with van der Waals surface area (Å²) in [6.45, 7) is 7.58. The Morgan fingerprint density at radius 3 is 1.15 bits per heavy atom. The largest absolute Gasteiger partial charge is 0.507 e. The van der Waals surface area contributed by atoms with Crippen molar-refractivity contribution in [2.24, 2.45) is 0 Å². The predicted molar refractivity (Wildman–Crippen MR) is 163 cm³/mol. The Hall–Kier alpha value is -4.96.